The lowest BCUT2D eigenvalue weighted by atomic mass is 10.1. The minimum absolute atomic E-state index is 0.0665. The highest BCUT2D eigenvalue weighted by atomic mass is 16.6. The zero-order chi connectivity index (χ0) is 19.4. The van der Waals surface area contributed by atoms with Crippen LogP contribution in [0.1, 0.15) is 25.8 Å². The number of benzene rings is 1. The van der Waals surface area contributed by atoms with E-state index in [-0.39, 0.29) is 11.6 Å². The number of anilines is 1. The first-order chi connectivity index (χ1) is 13.0. The second kappa shape index (κ2) is 7.98. The highest BCUT2D eigenvalue weighted by molar-refractivity contribution is 5.77. The van der Waals surface area contributed by atoms with Crippen molar-refractivity contribution >= 4 is 22.8 Å². The topological polar surface area (TPSA) is 122 Å². The Bertz CT molecular complexity index is 938. The Morgan fingerprint density at radius 3 is 2.70 bits per heavy atom. The number of nitro benzene ring substituents is 1. The van der Waals surface area contributed by atoms with Gasteiger partial charge in [-0.2, -0.15) is 9.97 Å². The van der Waals surface area contributed by atoms with Crippen LogP contribution in [0.4, 0.5) is 11.6 Å². The predicted molar refractivity (Wildman–Crippen MR) is 101 cm³/mol. The van der Waals surface area contributed by atoms with Crippen LogP contribution in [0.3, 0.4) is 0 Å². The average molecular weight is 370 g/mol. The molecule has 2 aromatic heterocycles. The highest BCUT2D eigenvalue weighted by Gasteiger charge is 2.15. The molecule has 3 rings (SSSR count). The minimum atomic E-state index is -0.420. The maximum Gasteiger partial charge on any atom is 0.269 e. The predicted octanol–water partition coefficient (Wildman–Crippen LogP) is 2.98. The van der Waals surface area contributed by atoms with E-state index < -0.39 is 4.92 Å². The number of nitrogens with two attached hydrogens (primary N) is 1. The number of ether oxygens (including phenoxy) is 1. The van der Waals surface area contributed by atoms with Crippen molar-refractivity contribution in [3.05, 3.63) is 46.3 Å². The molecule has 0 bridgehead atoms. The van der Waals surface area contributed by atoms with Gasteiger partial charge in [-0.15, -0.1) is 0 Å². The van der Waals surface area contributed by atoms with Gasteiger partial charge in [0, 0.05) is 25.1 Å². The number of non-ortho nitro benzene ring substituents is 1. The van der Waals surface area contributed by atoms with E-state index in [2.05, 4.69) is 28.8 Å². The van der Waals surface area contributed by atoms with Gasteiger partial charge in [0.05, 0.1) is 17.9 Å². The van der Waals surface area contributed by atoms with Crippen LogP contribution in [0.15, 0.2) is 30.6 Å². The lowest BCUT2D eigenvalue weighted by Gasteiger charge is -2.10. The van der Waals surface area contributed by atoms with Gasteiger partial charge in [-0.1, -0.05) is 32.4 Å². The molecule has 0 aliphatic heterocycles. The molecule has 0 unspecified atom stereocenters. The van der Waals surface area contributed by atoms with E-state index in [0.717, 1.165) is 18.5 Å². The molecule has 2 heterocycles. The minimum Gasteiger partial charge on any atom is -0.476 e. The van der Waals surface area contributed by atoms with Crippen molar-refractivity contribution < 1.29 is 9.66 Å². The summed E-state index contributed by atoms with van der Waals surface area (Å²) in [6, 6.07) is 6.39. The van der Waals surface area contributed by atoms with Crippen LogP contribution in [0, 0.1) is 16.0 Å². The fourth-order valence-corrected chi connectivity index (χ4v) is 2.68. The maximum atomic E-state index is 10.7. The molecule has 0 spiro atoms. The van der Waals surface area contributed by atoms with Crippen molar-refractivity contribution in [3.8, 4) is 5.88 Å². The van der Waals surface area contributed by atoms with Crippen LogP contribution in [0.2, 0.25) is 0 Å². The smallest absolute Gasteiger partial charge is 0.269 e. The van der Waals surface area contributed by atoms with Crippen molar-refractivity contribution in [2.75, 3.05) is 12.3 Å². The van der Waals surface area contributed by atoms with E-state index >= 15 is 0 Å². The largest absolute Gasteiger partial charge is 0.476 e. The molecule has 1 atom stereocenters. The molecule has 1 aromatic carbocycles. The van der Waals surface area contributed by atoms with Gasteiger partial charge in [0.2, 0.25) is 11.8 Å². The molecule has 9 heteroatoms. The van der Waals surface area contributed by atoms with Gasteiger partial charge < -0.3 is 15.0 Å². The van der Waals surface area contributed by atoms with Gasteiger partial charge in [0.1, 0.15) is 0 Å². The summed E-state index contributed by atoms with van der Waals surface area (Å²) in [4.78, 5) is 23.1. The maximum absolute atomic E-state index is 10.7. The molecule has 0 saturated heterocycles. The molecule has 2 N–H and O–H groups in total. The number of hydrogen-bond acceptors (Lipinski definition) is 7. The second-order valence-electron chi connectivity index (χ2n) is 6.49. The van der Waals surface area contributed by atoms with E-state index in [9.17, 15) is 10.1 Å². The Kier molecular flexibility index (Phi) is 5.49. The fourth-order valence-electron chi connectivity index (χ4n) is 2.68. The average Bonchev–Trinajstić information content (AvgIpc) is 3.04. The Morgan fingerprint density at radius 1 is 1.30 bits per heavy atom. The molecule has 0 fully saturated rings. The number of aromatic nitrogens is 4. The quantitative estimate of drug-likeness (QED) is 0.478. The van der Waals surface area contributed by atoms with E-state index in [1.165, 1.54) is 12.1 Å². The monoisotopic (exact) mass is 370 g/mol. The van der Waals surface area contributed by atoms with Crippen molar-refractivity contribution in [1.29, 1.82) is 0 Å². The molecule has 0 saturated carbocycles. The van der Waals surface area contributed by atoms with Crippen molar-refractivity contribution in [2.24, 2.45) is 5.92 Å². The Balaban J connectivity index is 1.72. The van der Waals surface area contributed by atoms with Gasteiger partial charge in [0.25, 0.3) is 5.69 Å². The second-order valence-corrected chi connectivity index (χ2v) is 6.49. The van der Waals surface area contributed by atoms with Gasteiger partial charge >= 0.3 is 0 Å². The van der Waals surface area contributed by atoms with Crippen molar-refractivity contribution in [1.82, 2.24) is 19.5 Å². The van der Waals surface area contributed by atoms with E-state index in [1.54, 1.807) is 18.5 Å². The summed E-state index contributed by atoms with van der Waals surface area (Å²) in [5.41, 5.74) is 8.07. The third-order valence-corrected chi connectivity index (χ3v) is 4.43. The van der Waals surface area contributed by atoms with Gasteiger partial charge in [0.15, 0.2) is 11.2 Å². The zero-order valence-electron chi connectivity index (χ0n) is 15.3. The summed E-state index contributed by atoms with van der Waals surface area (Å²) < 4.78 is 7.75. The number of rotatable bonds is 8. The van der Waals surface area contributed by atoms with Gasteiger partial charge in [-0.05, 0) is 11.5 Å². The Labute approximate surface area is 156 Å². The standard InChI is InChI=1S/C18H22N6O3/c1-3-12(2)10-23-11-20-15-16(23)21-18(19)22-17(15)27-9-8-13-4-6-14(7-5-13)24(25)26/h4-7,11-12H,3,8-10H2,1-2H3,(H2,19,21,22)/t12-/m1/s1. The molecule has 0 radical (unpaired) electrons. The third-order valence-electron chi connectivity index (χ3n) is 4.43. The molecular formula is C18H22N6O3. The lowest BCUT2D eigenvalue weighted by molar-refractivity contribution is -0.384. The first-order valence-corrected chi connectivity index (χ1v) is 8.82. The summed E-state index contributed by atoms with van der Waals surface area (Å²) in [5.74, 6) is 0.978. The van der Waals surface area contributed by atoms with E-state index in [4.69, 9.17) is 10.5 Å². The summed E-state index contributed by atoms with van der Waals surface area (Å²) in [7, 11) is 0. The number of nitrogens with zero attached hydrogens (tertiary/aromatic N) is 5. The molecule has 0 aliphatic carbocycles. The first-order valence-electron chi connectivity index (χ1n) is 8.82. The zero-order valence-corrected chi connectivity index (χ0v) is 15.3. The van der Waals surface area contributed by atoms with Crippen LogP contribution in [0.25, 0.3) is 11.2 Å². The van der Waals surface area contributed by atoms with Crippen LogP contribution >= 0.6 is 0 Å². The van der Waals surface area contributed by atoms with Crippen LogP contribution < -0.4 is 10.5 Å². The van der Waals surface area contributed by atoms with Gasteiger partial charge in [-0.25, -0.2) is 4.98 Å². The summed E-state index contributed by atoms with van der Waals surface area (Å²) in [5, 5.41) is 10.7. The fraction of sp³-hybridized carbons (Fsp3) is 0.389. The summed E-state index contributed by atoms with van der Waals surface area (Å²) in [6.07, 6.45) is 3.37. The molecule has 142 valence electrons. The number of imidazole rings is 1. The SMILES string of the molecule is CC[C@@H](C)Cn1cnc2c(OCCc3ccc([N+](=O)[O-])cc3)nc(N)nc21. The molecule has 27 heavy (non-hydrogen) atoms. The molecule has 0 amide bonds. The summed E-state index contributed by atoms with van der Waals surface area (Å²) in [6.45, 7) is 5.45. The van der Waals surface area contributed by atoms with Crippen LogP contribution in [-0.2, 0) is 13.0 Å². The van der Waals surface area contributed by atoms with E-state index in [0.29, 0.717) is 36.0 Å². The number of nitrogen functional groups attached to an aromatic ring is 1. The van der Waals surface area contributed by atoms with Crippen molar-refractivity contribution in [3.63, 3.8) is 0 Å². The molecular weight excluding hydrogens is 348 g/mol. The van der Waals surface area contributed by atoms with Crippen molar-refractivity contribution in [2.45, 2.75) is 33.2 Å². The first kappa shape index (κ1) is 18.6. The molecule has 9 nitrogen and oxygen atoms in total. The Morgan fingerprint density at radius 2 is 2.04 bits per heavy atom. The molecule has 3 aromatic rings. The highest BCUT2D eigenvalue weighted by Crippen LogP contribution is 2.23. The number of fused-ring (bicyclic) bond motifs is 1. The normalized spacial score (nSPS) is 12.2. The number of nitro groups is 1. The molecule has 0 aliphatic rings. The number of hydrogen-bond donors (Lipinski definition) is 1. The van der Waals surface area contributed by atoms with E-state index in [1.807, 2.05) is 4.57 Å². The summed E-state index contributed by atoms with van der Waals surface area (Å²) >= 11 is 0. The lowest BCUT2D eigenvalue weighted by Crippen LogP contribution is -2.09. The Hall–Kier alpha value is -3.23. The third kappa shape index (κ3) is 4.30. The van der Waals surface area contributed by atoms with Gasteiger partial charge in [-0.3, -0.25) is 10.1 Å². The van der Waals surface area contributed by atoms with Crippen LogP contribution in [0.5, 0.6) is 5.88 Å². The van der Waals surface area contributed by atoms with Crippen LogP contribution in [-0.4, -0.2) is 31.0 Å².